The van der Waals surface area contributed by atoms with Gasteiger partial charge >= 0.3 is 0 Å². The van der Waals surface area contributed by atoms with E-state index < -0.39 is 0 Å². The van der Waals surface area contributed by atoms with Crippen LogP contribution >= 0.6 is 11.6 Å². The Labute approximate surface area is 127 Å². The fraction of sp³-hybridized carbons (Fsp3) is 0.647. The summed E-state index contributed by atoms with van der Waals surface area (Å²) in [5.74, 6) is 1.46. The molecule has 1 unspecified atom stereocenters. The monoisotopic (exact) mass is 295 g/mol. The summed E-state index contributed by atoms with van der Waals surface area (Å²) in [6, 6.07) is 6.51. The number of rotatable bonds is 4. The molecule has 2 nitrogen and oxygen atoms in total. The van der Waals surface area contributed by atoms with E-state index in [0.717, 1.165) is 5.75 Å². The van der Waals surface area contributed by atoms with Gasteiger partial charge in [0.25, 0.3) is 0 Å². The average Bonchev–Trinajstić information content (AvgIpc) is 2.43. The van der Waals surface area contributed by atoms with Crippen LogP contribution in [-0.4, -0.2) is 14.2 Å². The topological polar surface area (TPSA) is 21.3 Å². The highest BCUT2D eigenvalue weighted by Crippen LogP contribution is 2.43. The third-order valence-corrected chi connectivity index (χ3v) is 5.01. The summed E-state index contributed by atoms with van der Waals surface area (Å²) in [4.78, 5) is 0. The van der Waals surface area contributed by atoms with Crippen LogP contribution < -0.4 is 10.1 Å². The summed E-state index contributed by atoms with van der Waals surface area (Å²) in [5, 5.41) is 4.16. The van der Waals surface area contributed by atoms with Gasteiger partial charge in [0.15, 0.2) is 0 Å². The van der Waals surface area contributed by atoms with Crippen LogP contribution in [-0.2, 0) is 0 Å². The molecule has 0 saturated heterocycles. The molecule has 20 heavy (non-hydrogen) atoms. The van der Waals surface area contributed by atoms with Crippen molar-refractivity contribution in [3.8, 4) is 5.75 Å². The minimum atomic E-state index is 0.386. The second-order valence-electron chi connectivity index (χ2n) is 6.66. The van der Waals surface area contributed by atoms with Crippen molar-refractivity contribution in [2.75, 3.05) is 14.2 Å². The highest BCUT2D eigenvalue weighted by Gasteiger charge is 2.31. The van der Waals surface area contributed by atoms with Crippen LogP contribution in [0.25, 0.3) is 0 Å². The van der Waals surface area contributed by atoms with E-state index in [9.17, 15) is 0 Å². The van der Waals surface area contributed by atoms with Crippen molar-refractivity contribution in [2.45, 2.75) is 45.6 Å². The predicted octanol–water partition coefficient (Wildman–Crippen LogP) is 4.83. The minimum absolute atomic E-state index is 0.386. The lowest BCUT2D eigenvalue weighted by atomic mass is 9.70. The molecule has 1 aromatic rings. The molecule has 3 heteroatoms. The van der Waals surface area contributed by atoms with E-state index >= 15 is 0 Å². The van der Waals surface area contributed by atoms with E-state index in [-0.39, 0.29) is 0 Å². The maximum Gasteiger partial charge on any atom is 0.137 e. The molecular weight excluding hydrogens is 270 g/mol. The first-order valence-corrected chi connectivity index (χ1v) is 7.85. The Morgan fingerprint density at radius 1 is 1.30 bits per heavy atom. The zero-order valence-electron chi connectivity index (χ0n) is 13.0. The maximum atomic E-state index is 6.12. The quantitative estimate of drug-likeness (QED) is 0.859. The summed E-state index contributed by atoms with van der Waals surface area (Å²) in [7, 11) is 3.72. The molecule has 0 bridgehead atoms. The largest absolute Gasteiger partial charge is 0.495 e. The summed E-state index contributed by atoms with van der Waals surface area (Å²) in [5.41, 5.74) is 1.78. The van der Waals surface area contributed by atoms with E-state index in [1.54, 1.807) is 7.11 Å². The molecule has 2 rings (SSSR count). The van der Waals surface area contributed by atoms with Crippen LogP contribution in [0.15, 0.2) is 18.2 Å². The third kappa shape index (κ3) is 3.48. The highest BCUT2D eigenvalue weighted by molar-refractivity contribution is 6.32. The molecule has 1 N–H and O–H groups in total. The van der Waals surface area contributed by atoms with Crippen molar-refractivity contribution in [3.63, 3.8) is 0 Å². The molecular formula is C17H26ClNO. The number of halogens is 1. The predicted molar refractivity (Wildman–Crippen MR) is 85.5 cm³/mol. The summed E-state index contributed by atoms with van der Waals surface area (Å²) in [6.07, 6.45) is 5.17. The van der Waals surface area contributed by atoms with Gasteiger partial charge in [-0.15, -0.1) is 0 Å². The Kier molecular flexibility index (Phi) is 4.98. The first kappa shape index (κ1) is 15.7. The molecule has 1 atom stereocenters. The molecule has 0 spiro atoms. The van der Waals surface area contributed by atoms with Gasteiger partial charge in [-0.1, -0.05) is 31.5 Å². The first-order chi connectivity index (χ1) is 9.46. The van der Waals surface area contributed by atoms with Gasteiger partial charge in [-0.05, 0) is 61.8 Å². The molecule has 0 aliphatic heterocycles. The lowest BCUT2D eigenvalue weighted by Gasteiger charge is -2.38. The van der Waals surface area contributed by atoms with Crippen LogP contribution in [0.3, 0.4) is 0 Å². The average molecular weight is 296 g/mol. The van der Waals surface area contributed by atoms with E-state index in [4.69, 9.17) is 16.3 Å². The van der Waals surface area contributed by atoms with E-state index in [0.29, 0.717) is 22.4 Å². The molecule has 1 aromatic carbocycles. The zero-order chi connectivity index (χ0) is 14.8. The Morgan fingerprint density at radius 3 is 2.50 bits per heavy atom. The standard InChI is InChI=1S/C17H26ClNO/c1-17(2)9-7-12(8-10-17)16(19-3)13-5-6-14(18)15(11-13)20-4/h5-6,11-12,16,19H,7-10H2,1-4H3. The van der Waals surface area contributed by atoms with Gasteiger partial charge in [0, 0.05) is 6.04 Å². The van der Waals surface area contributed by atoms with Gasteiger partial charge in [0.05, 0.1) is 12.1 Å². The van der Waals surface area contributed by atoms with Gasteiger partial charge < -0.3 is 10.1 Å². The normalized spacial score (nSPS) is 20.6. The van der Waals surface area contributed by atoms with Crippen molar-refractivity contribution in [3.05, 3.63) is 28.8 Å². The van der Waals surface area contributed by atoms with E-state index in [1.807, 2.05) is 13.1 Å². The number of methoxy groups -OCH3 is 1. The van der Waals surface area contributed by atoms with Gasteiger partial charge in [-0.25, -0.2) is 0 Å². The number of nitrogens with one attached hydrogen (secondary N) is 1. The van der Waals surface area contributed by atoms with Gasteiger partial charge in [0.2, 0.25) is 0 Å². The summed E-state index contributed by atoms with van der Waals surface area (Å²) in [6.45, 7) is 4.76. The Morgan fingerprint density at radius 2 is 1.95 bits per heavy atom. The summed E-state index contributed by atoms with van der Waals surface area (Å²) < 4.78 is 5.34. The van der Waals surface area contributed by atoms with Crippen molar-refractivity contribution in [1.82, 2.24) is 5.32 Å². The lowest BCUT2D eigenvalue weighted by Crippen LogP contribution is -2.31. The van der Waals surface area contributed by atoms with Crippen molar-refractivity contribution in [1.29, 1.82) is 0 Å². The number of hydrogen-bond donors (Lipinski definition) is 1. The molecule has 0 amide bonds. The van der Waals surface area contributed by atoms with E-state index in [2.05, 4.69) is 31.3 Å². The SMILES string of the molecule is CNC(c1ccc(Cl)c(OC)c1)C1CCC(C)(C)CC1. The second-order valence-corrected chi connectivity index (χ2v) is 7.07. The Balaban J connectivity index is 2.16. The molecule has 0 aromatic heterocycles. The molecule has 1 aliphatic rings. The van der Waals surface area contributed by atoms with Gasteiger partial charge in [-0.3, -0.25) is 0 Å². The zero-order valence-corrected chi connectivity index (χ0v) is 13.8. The van der Waals surface area contributed by atoms with E-state index in [1.165, 1.54) is 31.2 Å². The van der Waals surface area contributed by atoms with Gasteiger partial charge in [0.1, 0.15) is 5.75 Å². The van der Waals surface area contributed by atoms with Crippen molar-refractivity contribution in [2.24, 2.45) is 11.3 Å². The van der Waals surface area contributed by atoms with Crippen molar-refractivity contribution < 1.29 is 4.74 Å². The lowest BCUT2D eigenvalue weighted by molar-refractivity contribution is 0.164. The minimum Gasteiger partial charge on any atom is -0.495 e. The molecule has 1 fully saturated rings. The van der Waals surface area contributed by atoms with Crippen LogP contribution in [0.4, 0.5) is 0 Å². The molecule has 0 radical (unpaired) electrons. The van der Waals surface area contributed by atoms with Crippen LogP contribution in [0, 0.1) is 11.3 Å². The number of ether oxygens (including phenoxy) is 1. The second kappa shape index (κ2) is 6.36. The molecule has 1 saturated carbocycles. The summed E-state index contributed by atoms with van der Waals surface area (Å²) >= 11 is 6.12. The molecule has 112 valence electrons. The maximum absolute atomic E-state index is 6.12. The Bertz CT molecular complexity index is 448. The molecule has 0 heterocycles. The molecule has 1 aliphatic carbocycles. The van der Waals surface area contributed by atoms with Crippen molar-refractivity contribution >= 4 is 11.6 Å². The van der Waals surface area contributed by atoms with Crippen LogP contribution in [0.1, 0.15) is 51.1 Å². The number of benzene rings is 1. The number of hydrogen-bond acceptors (Lipinski definition) is 2. The first-order valence-electron chi connectivity index (χ1n) is 7.47. The highest BCUT2D eigenvalue weighted by atomic mass is 35.5. The fourth-order valence-corrected chi connectivity index (χ4v) is 3.49. The fourth-order valence-electron chi connectivity index (χ4n) is 3.30. The Hall–Kier alpha value is -0.730. The van der Waals surface area contributed by atoms with Crippen LogP contribution in [0.5, 0.6) is 5.75 Å². The smallest absolute Gasteiger partial charge is 0.137 e. The van der Waals surface area contributed by atoms with Crippen LogP contribution in [0.2, 0.25) is 5.02 Å². The van der Waals surface area contributed by atoms with Gasteiger partial charge in [-0.2, -0.15) is 0 Å². The third-order valence-electron chi connectivity index (χ3n) is 4.70.